The molecule has 0 bridgehead atoms. The van der Waals surface area contributed by atoms with Crippen LogP contribution in [0.3, 0.4) is 0 Å². The number of rotatable bonds is 2. The van der Waals surface area contributed by atoms with Crippen molar-refractivity contribution >= 4 is 17.9 Å². The molecule has 0 N–H and O–H groups in total. The van der Waals surface area contributed by atoms with Crippen LogP contribution in [0.25, 0.3) is 0 Å². The Kier molecular flexibility index (Phi) is 8.21. The third-order valence-corrected chi connectivity index (χ3v) is 5.27. The van der Waals surface area contributed by atoms with Crippen molar-refractivity contribution in [3.63, 3.8) is 0 Å². The smallest absolute Gasteiger partial charge is 0.334 e. The predicted molar refractivity (Wildman–Crippen MR) is 113 cm³/mol. The first-order valence-corrected chi connectivity index (χ1v) is 10.3. The first-order chi connectivity index (χ1) is 14.0. The third kappa shape index (κ3) is 7.01. The fourth-order valence-electron chi connectivity index (χ4n) is 3.97. The second kappa shape index (κ2) is 10.4. The molecule has 0 aromatic carbocycles. The maximum atomic E-state index is 12.1. The number of carbonyl (C=O) groups excluding carboxylic acids is 3. The zero-order chi connectivity index (χ0) is 22.4. The molecule has 4 atom stereocenters. The van der Waals surface area contributed by atoms with E-state index in [4.69, 9.17) is 14.2 Å². The fourth-order valence-corrected chi connectivity index (χ4v) is 3.97. The Balaban J connectivity index is 2.41. The van der Waals surface area contributed by atoms with Crippen LogP contribution in [0.15, 0.2) is 47.1 Å². The van der Waals surface area contributed by atoms with E-state index in [9.17, 15) is 14.4 Å². The molecular weight excluding hydrogens is 384 g/mol. The van der Waals surface area contributed by atoms with Gasteiger partial charge in [0, 0.05) is 38.2 Å². The lowest BCUT2D eigenvalue weighted by atomic mass is 9.88. The van der Waals surface area contributed by atoms with Gasteiger partial charge in [0.25, 0.3) is 0 Å². The average Bonchev–Trinajstić information content (AvgIpc) is 2.84. The Bertz CT molecular complexity index is 801. The van der Waals surface area contributed by atoms with Gasteiger partial charge >= 0.3 is 17.9 Å². The lowest BCUT2D eigenvalue weighted by Gasteiger charge is -2.21. The molecule has 1 aliphatic heterocycles. The quantitative estimate of drug-likeness (QED) is 0.288. The van der Waals surface area contributed by atoms with Gasteiger partial charge in [-0.3, -0.25) is 9.59 Å². The molecule has 1 unspecified atom stereocenters. The lowest BCUT2D eigenvalue weighted by molar-refractivity contribution is -0.144. The van der Waals surface area contributed by atoms with Crippen LogP contribution in [-0.4, -0.2) is 36.2 Å². The molecule has 6 heteroatoms. The minimum absolute atomic E-state index is 0.115. The topological polar surface area (TPSA) is 78.9 Å². The van der Waals surface area contributed by atoms with E-state index in [-0.39, 0.29) is 29.9 Å². The Hall–Kier alpha value is -2.63. The highest BCUT2D eigenvalue weighted by Gasteiger charge is 2.37. The highest BCUT2D eigenvalue weighted by atomic mass is 16.6. The van der Waals surface area contributed by atoms with Gasteiger partial charge in [-0.05, 0) is 51.8 Å². The first-order valence-electron chi connectivity index (χ1n) is 10.3. The van der Waals surface area contributed by atoms with Crippen molar-refractivity contribution in [1.82, 2.24) is 0 Å². The van der Waals surface area contributed by atoms with E-state index in [2.05, 4.69) is 6.58 Å². The first kappa shape index (κ1) is 23.6. The van der Waals surface area contributed by atoms with Crippen molar-refractivity contribution in [2.45, 2.75) is 78.6 Å². The van der Waals surface area contributed by atoms with Crippen molar-refractivity contribution in [3.05, 3.63) is 47.1 Å². The summed E-state index contributed by atoms with van der Waals surface area (Å²) in [4.78, 5) is 35.3. The number of esters is 3. The molecular formula is C24H32O6. The van der Waals surface area contributed by atoms with Gasteiger partial charge in [0.2, 0.25) is 0 Å². The van der Waals surface area contributed by atoms with Crippen LogP contribution in [-0.2, 0) is 28.6 Å². The van der Waals surface area contributed by atoms with Crippen LogP contribution in [0.4, 0.5) is 0 Å². The van der Waals surface area contributed by atoms with Gasteiger partial charge in [0.05, 0.1) is 0 Å². The maximum absolute atomic E-state index is 12.1. The maximum Gasteiger partial charge on any atom is 0.334 e. The van der Waals surface area contributed by atoms with E-state index < -0.39 is 12.2 Å². The molecule has 1 heterocycles. The molecule has 0 spiro atoms. The highest BCUT2D eigenvalue weighted by Crippen LogP contribution is 2.34. The fraction of sp³-hybridized carbons (Fsp3) is 0.542. The summed E-state index contributed by atoms with van der Waals surface area (Å²) in [5, 5.41) is 0. The van der Waals surface area contributed by atoms with Gasteiger partial charge in [0.15, 0.2) is 0 Å². The Morgan fingerprint density at radius 2 is 1.43 bits per heavy atom. The Morgan fingerprint density at radius 1 is 0.933 bits per heavy atom. The molecule has 30 heavy (non-hydrogen) atoms. The Labute approximate surface area is 178 Å². The highest BCUT2D eigenvalue weighted by molar-refractivity contribution is 5.91. The van der Waals surface area contributed by atoms with Crippen LogP contribution in [0, 0.1) is 5.92 Å². The zero-order valence-corrected chi connectivity index (χ0v) is 18.5. The molecule has 1 aliphatic carbocycles. The minimum Gasteiger partial charge on any atom is -0.458 e. The molecule has 1 fully saturated rings. The SMILES string of the molecule is C=C1C(=O)OC2/C=C(\C)C[C@H](OC(C)=O)/C=C(\C)C[C@H](OC(C)=O)/C=C(\C)CC[C@H]12. The van der Waals surface area contributed by atoms with Crippen molar-refractivity contribution in [3.8, 4) is 0 Å². The summed E-state index contributed by atoms with van der Waals surface area (Å²) in [6.07, 6.45) is 6.97. The predicted octanol–water partition coefficient (Wildman–Crippen LogP) is 4.36. The summed E-state index contributed by atoms with van der Waals surface area (Å²) in [5.41, 5.74) is 3.46. The van der Waals surface area contributed by atoms with Crippen LogP contribution in [0.5, 0.6) is 0 Å². The number of carbonyl (C=O) groups is 3. The minimum atomic E-state index is -0.455. The molecule has 2 aliphatic rings. The second-order valence-electron chi connectivity index (χ2n) is 8.28. The number of fused-ring (bicyclic) bond motifs is 1. The van der Waals surface area contributed by atoms with Gasteiger partial charge in [-0.1, -0.05) is 23.3 Å². The third-order valence-electron chi connectivity index (χ3n) is 5.27. The molecule has 0 aromatic rings. The van der Waals surface area contributed by atoms with Gasteiger partial charge in [-0.25, -0.2) is 4.79 Å². The monoisotopic (exact) mass is 416 g/mol. The largest absolute Gasteiger partial charge is 0.458 e. The summed E-state index contributed by atoms with van der Waals surface area (Å²) in [6.45, 7) is 12.5. The molecule has 6 nitrogen and oxygen atoms in total. The molecule has 0 radical (unpaired) electrons. The summed E-state index contributed by atoms with van der Waals surface area (Å²) in [6, 6.07) is 0. The van der Waals surface area contributed by atoms with Crippen LogP contribution >= 0.6 is 0 Å². The van der Waals surface area contributed by atoms with Crippen LogP contribution in [0.1, 0.15) is 60.3 Å². The van der Waals surface area contributed by atoms with Gasteiger partial charge < -0.3 is 14.2 Å². The summed E-state index contributed by atoms with van der Waals surface area (Å²) in [5.74, 6) is -1.21. The molecule has 1 saturated heterocycles. The van der Waals surface area contributed by atoms with E-state index in [1.54, 1.807) is 0 Å². The van der Waals surface area contributed by atoms with Crippen molar-refractivity contribution in [1.29, 1.82) is 0 Å². The summed E-state index contributed by atoms with van der Waals surface area (Å²) in [7, 11) is 0. The van der Waals surface area contributed by atoms with Gasteiger partial charge in [-0.2, -0.15) is 0 Å². The van der Waals surface area contributed by atoms with E-state index in [0.717, 1.165) is 23.1 Å². The van der Waals surface area contributed by atoms with Gasteiger partial charge in [-0.15, -0.1) is 0 Å². The molecule has 0 saturated carbocycles. The van der Waals surface area contributed by atoms with Crippen LogP contribution < -0.4 is 0 Å². The average molecular weight is 417 g/mol. The van der Waals surface area contributed by atoms with Gasteiger partial charge in [0.1, 0.15) is 18.3 Å². The normalized spacial score (nSPS) is 33.4. The second-order valence-corrected chi connectivity index (χ2v) is 8.28. The molecule has 0 amide bonds. The lowest BCUT2D eigenvalue weighted by Crippen LogP contribution is -2.20. The van der Waals surface area contributed by atoms with Crippen molar-refractivity contribution < 1.29 is 28.6 Å². The number of hydrogen-bond acceptors (Lipinski definition) is 6. The van der Waals surface area contributed by atoms with E-state index in [1.807, 2.05) is 39.0 Å². The standard InChI is InChI=1S/C24H32O6/c1-14-7-8-22-17(4)24(27)30-23(22)13-16(3)12-21(29-19(6)26)11-15(2)10-20(9-14)28-18(5)25/h9,11,13,20-23H,4,7-8,10,12H2,1-3,5-6H3/b14-9+,15-11+,16-13+/t20-,21-,22-,23?/m1/s1. The number of hydrogen-bond donors (Lipinski definition) is 0. The molecule has 0 aromatic heterocycles. The Morgan fingerprint density at radius 3 is 1.97 bits per heavy atom. The summed E-state index contributed by atoms with van der Waals surface area (Å²) < 4.78 is 16.5. The van der Waals surface area contributed by atoms with E-state index in [0.29, 0.717) is 24.8 Å². The van der Waals surface area contributed by atoms with Crippen molar-refractivity contribution in [2.75, 3.05) is 0 Å². The molecule has 164 valence electrons. The number of allylic oxidation sites excluding steroid dienone is 1. The summed E-state index contributed by atoms with van der Waals surface area (Å²) >= 11 is 0. The van der Waals surface area contributed by atoms with Crippen LogP contribution in [0.2, 0.25) is 0 Å². The number of ether oxygens (including phenoxy) is 3. The van der Waals surface area contributed by atoms with E-state index in [1.165, 1.54) is 13.8 Å². The van der Waals surface area contributed by atoms with E-state index >= 15 is 0 Å². The molecule has 2 rings (SSSR count). The zero-order valence-electron chi connectivity index (χ0n) is 18.5. The van der Waals surface area contributed by atoms with Crippen molar-refractivity contribution in [2.24, 2.45) is 5.92 Å².